The molecule has 2 bridgehead atoms. The third-order valence-corrected chi connectivity index (χ3v) is 12.0. The van der Waals surface area contributed by atoms with E-state index in [1.165, 1.54) is 13.8 Å². The molecule has 10 N–H and O–H groups in total. The van der Waals surface area contributed by atoms with E-state index in [-0.39, 0.29) is 36.0 Å². The molecule has 10 unspecified atom stereocenters. The number of hydrogen-bond acceptors (Lipinski definition) is 10. The third kappa shape index (κ3) is 11.9. The molecule has 1 heterocycles. The van der Waals surface area contributed by atoms with E-state index in [0.29, 0.717) is 43.2 Å². The summed E-state index contributed by atoms with van der Waals surface area (Å²) in [6.07, 6.45) is 2.08. The molecule has 4 fully saturated rings. The zero-order valence-electron chi connectivity index (χ0n) is 35.8. The average Bonchev–Trinajstić information content (AvgIpc) is 3.55. The second kappa shape index (κ2) is 20.7. The average molecular weight is 818 g/mol. The lowest BCUT2D eigenvalue weighted by molar-refractivity contribution is -0.199. The van der Waals surface area contributed by atoms with E-state index in [0.717, 1.165) is 12.8 Å². The molecule has 0 radical (unpaired) electrons. The second-order valence-electron chi connectivity index (χ2n) is 17.3. The van der Waals surface area contributed by atoms with Crippen LogP contribution in [-0.2, 0) is 28.5 Å². The second-order valence-corrected chi connectivity index (χ2v) is 17.3. The van der Waals surface area contributed by atoms with Crippen LogP contribution >= 0.6 is 0 Å². The van der Waals surface area contributed by atoms with Gasteiger partial charge >= 0.3 is 7.12 Å². The van der Waals surface area contributed by atoms with Crippen molar-refractivity contribution in [3.63, 3.8) is 0 Å². The minimum atomic E-state index is -1.50. The van der Waals surface area contributed by atoms with Gasteiger partial charge in [-0.1, -0.05) is 39.5 Å². The Hall–Kier alpha value is -4.45. The fourth-order valence-electron chi connectivity index (χ4n) is 8.26. The van der Waals surface area contributed by atoms with E-state index < -0.39 is 78.5 Å². The summed E-state index contributed by atoms with van der Waals surface area (Å²) in [7, 11) is -0.653. The topological polar surface area (TPSA) is 236 Å². The van der Waals surface area contributed by atoms with Gasteiger partial charge in [-0.2, -0.15) is 0 Å². The van der Waals surface area contributed by atoms with Gasteiger partial charge in [-0.05, 0) is 133 Å². The summed E-state index contributed by atoms with van der Waals surface area (Å²) in [4.78, 5) is 67.0. The smallest absolute Gasteiger partial charge is 0.404 e. The molecular formula is C43H64BN7O8. The minimum Gasteiger partial charge on any atom is -0.404 e. The Kier molecular flexibility index (Phi) is 16.6. The molecule has 16 heteroatoms. The summed E-state index contributed by atoms with van der Waals surface area (Å²) in [6.45, 7) is 15.6. The number of nitrogens with one attached hydrogen (secondary N) is 5. The van der Waals surface area contributed by atoms with Crippen molar-refractivity contribution in [1.82, 2.24) is 26.6 Å². The van der Waals surface area contributed by atoms with Crippen LogP contribution in [-0.4, -0.2) is 103 Å². The molecule has 1 aromatic carbocycles. The molecule has 3 saturated carbocycles. The van der Waals surface area contributed by atoms with Crippen LogP contribution in [0.4, 0.5) is 0 Å². The molecule has 3 aliphatic carbocycles. The van der Waals surface area contributed by atoms with Gasteiger partial charge in [0.25, 0.3) is 5.91 Å². The van der Waals surface area contributed by atoms with Gasteiger partial charge in [0, 0.05) is 17.0 Å². The zero-order valence-corrected chi connectivity index (χ0v) is 35.8. The van der Waals surface area contributed by atoms with Crippen LogP contribution < -0.4 is 38.1 Å². The van der Waals surface area contributed by atoms with E-state index in [1.807, 2.05) is 20.8 Å². The summed E-state index contributed by atoms with van der Waals surface area (Å²) in [5.74, 6) is 8.76. The van der Waals surface area contributed by atoms with Crippen LogP contribution in [0.2, 0.25) is 0 Å². The molecular weight excluding hydrogens is 753 g/mol. The first-order valence-electron chi connectivity index (χ1n) is 20.9. The standard InChI is InChI=1S/C43H64BN7O8/c1-25(2)13-9-10-14-29-16-18-30(19-17-29)38(54)50-33(20-22-46)40(56)51-36(27(4)52)41(57)47-26(3)37(53)49-32(15-11-12-21-45)39(55)48-28(5)44-58-35-24-31-23-34(42(31,6)7)43(35,8)59-44/h16-19,25-28,31-36,52H,11-12,15,20-24,45-46H2,1-8H3,(H,47,57)(H,48,55)(H,49,53)(H,50,54)(H,51,56). The Labute approximate surface area is 349 Å². The summed E-state index contributed by atoms with van der Waals surface area (Å²) in [6, 6.07) is 1.67. The highest BCUT2D eigenvalue weighted by Crippen LogP contribution is 2.65. The Bertz CT molecular complexity index is 1800. The molecule has 0 spiro atoms. The molecule has 4 aliphatic rings. The molecule has 0 aromatic heterocycles. The summed E-state index contributed by atoms with van der Waals surface area (Å²) in [5, 5.41) is 23.9. The van der Waals surface area contributed by atoms with Crippen molar-refractivity contribution in [3.05, 3.63) is 35.4 Å². The van der Waals surface area contributed by atoms with Gasteiger partial charge in [-0.3, -0.25) is 24.0 Å². The van der Waals surface area contributed by atoms with Gasteiger partial charge in [-0.25, -0.2) is 0 Å². The molecule has 5 amide bonds. The molecule has 1 aliphatic heterocycles. The Morgan fingerprint density at radius 3 is 2.08 bits per heavy atom. The third-order valence-electron chi connectivity index (χ3n) is 12.0. The largest absolute Gasteiger partial charge is 0.481 e. The number of rotatable bonds is 18. The van der Waals surface area contributed by atoms with Crippen molar-refractivity contribution in [2.45, 2.75) is 142 Å². The van der Waals surface area contributed by atoms with E-state index in [4.69, 9.17) is 20.8 Å². The fourth-order valence-corrected chi connectivity index (χ4v) is 8.26. The summed E-state index contributed by atoms with van der Waals surface area (Å²) in [5.41, 5.74) is 12.1. The number of nitrogens with two attached hydrogens (primary N) is 2. The van der Waals surface area contributed by atoms with E-state index in [9.17, 15) is 29.1 Å². The summed E-state index contributed by atoms with van der Waals surface area (Å²) >= 11 is 0. The number of hydrogen-bond donors (Lipinski definition) is 8. The zero-order chi connectivity index (χ0) is 43.7. The van der Waals surface area contributed by atoms with Gasteiger partial charge in [0.1, 0.15) is 24.2 Å². The van der Waals surface area contributed by atoms with Gasteiger partial charge in [0.2, 0.25) is 23.6 Å². The SMILES string of the molecule is CC(C)C#CC#Cc1ccc(C(=O)NC(CCN)C(=O)NC(C(=O)NC(C)C(=O)NC(CCCCN)C(=O)NC(C)B2OC3CC4CC(C4(C)C)C3(C)O2)C(C)O)cc1. The Balaban J connectivity index is 1.33. The first-order chi connectivity index (χ1) is 27.8. The van der Waals surface area contributed by atoms with E-state index in [1.54, 1.807) is 24.3 Å². The number of carbonyl (C=O) groups excluding carboxylic acids is 5. The maximum Gasteiger partial charge on any atom is 0.481 e. The van der Waals surface area contributed by atoms with Crippen molar-refractivity contribution in [1.29, 1.82) is 0 Å². The predicted octanol–water partition coefficient (Wildman–Crippen LogP) is 0.901. The van der Waals surface area contributed by atoms with Crippen molar-refractivity contribution < 1.29 is 38.4 Å². The molecule has 1 saturated heterocycles. The molecule has 5 rings (SSSR count). The van der Waals surface area contributed by atoms with Crippen LogP contribution in [0.15, 0.2) is 24.3 Å². The van der Waals surface area contributed by atoms with Crippen molar-refractivity contribution in [2.24, 2.45) is 34.6 Å². The molecule has 322 valence electrons. The molecule has 1 aromatic rings. The van der Waals surface area contributed by atoms with Crippen LogP contribution in [0.3, 0.4) is 0 Å². The highest BCUT2D eigenvalue weighted by atomic mass is 16.7. The number of carbonyl (C=O) groups is 5. The Morgan fingerprint density at radius 2 is 1.47 bits per heavy atom. The highest BCUT2D eigenvalue weighted by Gasteiger charge is 2.68. The predicted molar refractivity (Wildman–Crippen MR) is 225 cm³/mol. The van der Waals surface area contributed by atoms with Crippen LogP contribution in [0.25, 0.3) is 0 Å². The molecule has 59 heavy (non-hydrogen) atoms. The number of aliphatic hydroxyl groups excluding tert-OH is 1. The van der Waals surface area contributed by atoms with Crippen molar-refractivity contribution in [2.75, 3.05) is 13.1 Å². The number of unbranched alkanes of at least 4 members (excludes halogenated alkanes) is 1. The summed E-state index contributed by atoms with van der Waals surface area (Å²) < 4.78 is 12.9. The van der Waals surface area contributed by atoms with Gasteiger partial charge in [0.15, 0.2) is 0 Å². The van der Waals surface area contributed by atoms with Crippen LogP contribution in [0.5, 0.6) is 0 Å². The maximum atomic E-state index is 13.7. The number of aliphatic hydroxyl groups is 1. The van der Waals surface area contributed by atoms with E-state index in [2.05, 4.69) is 71.0 Å². The van der Waals surface area contributed by atoms with Gasteiger partial charge in [0.05, 0.1) is 23.8 Å². The lowest BCUT2D eigenvalue weighted by Crippen LogP contribution is -2.65. The monoisotopic (exact) mass is 817 g/mol. The quantitative estimate of drug-likeness (QED) is 0.0592. The number of benzene rings is 1. The first-order valence-corrected chi connectivity index (χ1v) is 20.9. The molecule has 15 nitrogen and oxygen atoms in total. The number of amides is 5. The minimum absolute atomic E-state index is 0.0334. The van der Waals surface area contributed by atoms with Crippen molar-refractivity contribution in [3.8, 4) is 23.7 Å². The fraction of sp³-hybridized carbons (Fsp3) is 0.651. The molecule has 10 atom stereocenters. The normalized spacial score (nSPS) is 24.1. The maximum absolute atomic E-state index is 13.7. The van der Waals surface area contributed by atoms with Crippen molar-refractivity contribution >= 4 is 36.7 Å². The highest BCUT2D eigenvalue weighted by molar-refractivity contribution is 6.47. The van der Waals surface area contributed by atoms with Gasteiger partial charge in [-0.15, -0.1) is 0 Å². The lowest BCUT2D eigenvalue weighted by Gasteiger charge is -2.64. The lowest BCUT2D eigenvalue weighted by atomic mass is 9.43. The van der Waals surface area contributed by atoms with Crippen LogP contribution in [0.1, 0.15) is 110 Å². The van der Waals surface area contributed by atoms with Crippen LogP contribution in [0, 0.1) is 46.9 Å². The first kappa shape index (κ1) is 47.2. The van der Waals surface area contributed by atoms with Gasteiger partial charge < -0.3 is 52.5 Å². The Morgan fingerprint density at radius 1 is 0.814 bits per heavy atom. The van der Waals surface area contributed by atoms with E-state index >= 15 is 0 Å².